The number of ether oxygens (including phenoxy) is 1. The van der Waals surface area contributed by atoms with Crippen LogP contribution in [0, 0.1) is 0 Å². The lowest BCUT2D eigenvalue weighted by Gasteiger charge is -2.29. The highest BCUT2D eigenvalue weighted by Gasteiger charge is 2.21. The topological polar surface area (TPSA) is 79.0 Å². The number of morpholine rings is 1. The Morgan fingerprint density at radius 1 is 1.32 bits per heavy atom. The summed E-state index contributed by atoms with van der Waals surface area (Å²) in [6.07, 6.45) is 9.01. The molecule has 1 aliphatic carbocycles. The number of nitrogens with zero attached hydrogens (tertiary/aromatic N) is 2. The van der Waals surface area contributed by atoms with Crippen LogP contribution < -0.4 is 5.32 Å². The molecule has 0 saturated carbocycles. The number of amides is 1. The van der Waals surface area contributed by atoms with Crippen molar-refractivity contribution in [3.05, 3.63) is 11.6 Å². The fourth-order valence-corrected chi connectivity index (χ4v) is 3.92. The summed E-state index contributed by atoms with van der Waals surface area (Å²) in [6, 6.07) is 0. The summed E-state index contributed by atoms with van der Waals surface area (Å²) in [4.78, 5) is 14.3. The van der Waals surface area contributed by atoms with Gasteiger partial charge in [-0.15, -0.1) is 0 Å². The van der Waals surface area contributed by atoms with Crippen molar-refractivity contribution < 1.29 is 17.9 Å². The quantitative estimate of drug-likeness (QED) is 0.599. The molecule has 1 saturated heterocycles. The molecule has 25 heavy (non-hydrogen) atoms. The molecule has 0 radical (unpaired) electrons. The molecule has 1 N–H and O–H groups in total. The van der Waals surface area contributed by atoms with Crippen molar-refractivity contribution >= 4 is 15.9 Å². The van der Waals surface area contributed by atoms with Crippen molar-refractivity contribution in [3.8, 4) is 0 Å². The van der Waals surface area contributed by atoms with E-state index in [9.17, 15) is 13.2 Å². The van der Waals surface area contributed by atoms with Gasteiger partial charge in [-0.05, 0) is 32.1 Å². The van der Waals surface area contributed by atoms with Gasteiger partial charge in [-0.3, -0.25) is 9.69 Å². The predicted molar refractivity (Wildman–Crippen MR) is 97.9 cm³/mol. The van der Waals surface area contributed by atoms with Crippen LogP contribution in [0.25, 0.3) is 0 Å². The van der Waals surface area contributed by atoms with Crippen LogP contribution in [0.15, 0.2) is 11.6 Å². The predicted octanol–water partition coefficient (Wildman–Crippen LogP) is 0.587. The normalized spacial score (nSPS) is 19.7. The molecule has 2 aliphatic rings. The number of hydrogen-bond donors (Lipinski definition) is 1. The lowest BCUT2D eigenvalue weighted by molar-refractivity contribution is -0.121. The molecule has 8 heteroatoms. The van der Waals surface area contributed by atoms with Gasteiger partial charge in [0.05, 0.1) is 26.0 Å². The molecule has 0 aromatic heterocycles. The minimum atomic E-state index is -3.40. The van der Waals surface area contributed by atoms with Gasteiger partial charge in [-0.25, -0.2) is 8.42 Å². The molecule has 2 rings (SSSR count). The highest BCUT2D eigenvalue weighted by atomic mass is 32.2. The van der Waals surface area contributed by atoms with Crippen LogP contribution in [0.2, 0.25) is 0 Å². The molecule has 7 nitrogen and oxygen atoms in total. The summed E-state index contributed by atoms with van der Waals surface area (Å²) < 4.78 is 30.5. The van der Waals surface area contributed by atoms with Crippen molar-refractivity contribution in [2.24, 2.45) is 0 Å². The van der Waals surface area contributed by atoms with Crippen LogP contribution in [0.3, 0.4) is 0 Å². The maximum Gasteiger partial charge on any atom is 0.235 e. The Morgan fingerprint density at radius 2 is 2.08 bits per heavy atom. The Bertz CT molecular complexity index is 556. The van der Waals surface area contributed by atoms with Gasteiger partial charge in [0.2, 0.25) is 15.9 Å². The number of sulfonamides is 1. The molecule has 1 aliphatic heterocycles. The first kappa shape index (κ1) is 20.4. The van der Waals surface area contributed by atoms with Gasteiger partial charge in [0.15, 0.2) is 0 Å². The zero-order valence-electron chi connectivity index (χ0n) is 15.2. The van der Waals surface area contributed by atoms with Crippen molar-refractivity contribution in [2.75, 3.05) is 58.7 Å². The average Bonchev–Trinajstić information content (AvgIpc) is 2.59. The molecule has 0 aromatic carbocycles. The van der Waals surface area contributed by atoms with Crippen molar-refractivity contribution in [3.63, 3.8) is 0 Å². The standard InChI is InChI=1S/C17H31N3O4S/c1-25(22,23)20(10-9-19-11-13-24-14-12-19)15-17(21)18-8-7-16-5-3-2-4-6-16/h5H,2-4,6-15H2,1H3,(H,18,21). The molecule has 0 spiro atoms. The Hall–Kier alpha value is -0.960. The molecule has 0 atom stereocenters. The zero-order valence-corrected chi connectivity index (χ0v) is 16.0. The lowest BCUT2D eigenvalue weighted by Crippen LogP contribution is -2.46. The second-order valence-electron chi connectivity index (χ2n) is 6.76. The Balaban J connectivity index is 1.73. The van der Waals surface area contributed by atoms with Crippen LogP contribution >= 0.6 is 0 Å². The SMILES string of the molecule is CS(=O)(=O)N(CCN1CCOCC1)CC(=O)NCCC1=CCCCC1. The fraction of sp³-hybridized carbons (Fsp3) is 0.824. The maximum atomic E-state index is 12.1. The third-order valence-electron chi connectivity index (χ3n) is 4.71. The van der Waals surface area contributed by atoms with Gasteiger partial charge in [-0.1, -0.05) is 11.6 Å². The second-order valence-corrected chi connectivity index (χ2v) is 8.74. The van der Waals surface area contributed by atoms with Crippen LogP contribution in [0.1, 0.15) is 32.1 Å². The van der Waals surface area contributed by atoms with E-state index < -0.39 is 10.0 Å². The van der Waals surface area contributed by atoms with Crippen LogP contribution in [0.4, 0.5) is 0 Å². The van der Waals surface area contributed by atoms with E-state index in [0.717, 1.165) is 38.6 Å². The largest absolute Gasteiger partial charge is 0.379 e. The number of carbonyl (C=O) groups excluding carboxylic acids is 1. The van der Waals surface area contributed by atoms with Crippen LogP contribution in [0.5, 0.6) is 0 Å². The number of nitrogens with one attached hydrogen (secondary N) is 1. The monoisotopic (exact) mass is 373 g/mol. The third-order valence-corrected chi connectivity index (χ3v) is 5.96. The van der Waals surface area contributed by atoms with E-state index >= 15 is 0 Å². The number of allylic oxidation sites excluding steroid dienone is 1. The van der Waals surface area contributed by atoms with Gasteiger partial charge in [0.25, 0.3) is 0 Å². The van der Waals surface area contributed by atoms with Gasteiger partial charge in [0, 0.05) is 32.7 Å². The summed E-state index contributed by atoms with van der Waals surface area (Å²) in [5, 5.41) is 2.85. The number of rotatable bonds is 9. The molecular weight excluding hydrogens is 342 g/mol. The number of carbonyl (C=O) groups is 1. The Morgan fingerprint density at radius 3 is 2.72 bits per heavy atom. The average molecular weight is 374 g/mol. The summed E-state index contributed by atoms with van der Waals surface area (Å²) in [5.41, 5.74) is 1.40. The van der Waals surface area contributed by atoms with Crippen LogP contribution in [-0.4, -0.2) is 82.3 Å². The summed E-state index contributed by atoms with van der Waals surface area (Å²) >= 11 is 0. The second kappa shape index (κ2) is 10.3. The van der Waals surface area contributed by atoms with Crippen LogP contribution in [-0.2, 0) is 19.6 Å². The van der Waals surface area contributed by atoms with Gasteiger partial charge in [-0.2, -0.15) is 4.31 Å². The first-order valence-corrected chi connectivity index (χ1v) is 11.0. The zero-order chi connectivity index (χ0) is 18.1. The van der Waals surface area contributed by atoms with E-state index in [4.69, 9.17) is 4.74 Å². The Labute approximate surface area is 151 Å². The number of hydrogen-bond acceptors (Lipinski definition) is 5. The van der Waals surface area contributed by atoms with Gasteiger partial charge >= 0.3 is 0 Å². The first-order chi connectivity index (χ1) is 11.9. The molecule has 1 amide bonds. The van der Waals surface area contributed by atoms with Crippen molar-refractivity contribution in [1.82, 2.24) is 14.5 Å². The Kier molecular flexibility index (Phi) is 8.35. The summed E-state index contributed by atoms with van der Waals surface area (Å²) in [5.74, 6) is -0.233. The maximum absolute atomic E-state index is 12.1. The lowest BCUT2D eigenvalue weighted by atomic mass is 9.97. The van der Waals surface area contributed by atoms with Gasteiger partial charge < -0.3 is 10.1 Å². The summed E-state index contributed by atoms with van der Waals surface area (Å²) in [7, 11) is -3.40. The van der Waals surface area contributed by atoms with Gasteiger partial charge in [0.1, 0.15) is 0 Å². The molecule has 144 valence electrons. The summed E-state index contributed by atoms with van der Waals surface area (Å²) in [6.45, 7) is 4.38. The smallest absolute Gasteiger partial charge is 0.235 e. The fourth-order valence-electron chi connectivity index (χ4n) is 3.15. The molecule has 0 bridgehead atoms. The van der Waals surface area contributed by atoms with E-state index in [2.05, 4.69) is 16.3 Å². The van der Waals surface area contributed by atoms with Crippen molar-refractivity contribution in [2.45, 2.75) is 32.1 Å². The minimum Gasteiger partial charge on any atom is -0.379 e. The molecule has 0 unspecified atom stereocenters. The molecule has 1 fully saturated rings. The highest BCUT2D eigenvalue weighted by Crippen LogP contribution is 2.19. The third kappa shape index (κ3) is 7.85. The molecular formula is C17H31N3O4S. The van der Waals surface area contributed by atoms with E-state index in [1.165, 1.54) is 22.7 Å². The van der Waals surface area contributed by atoms with E-state index in [1.807, 2.05) is 0 Å². The van der Waals surface area contributed by atoms with E-state index in [0.29, 0.717) is 32.8 Å². The molecule has 0 aromatic rings. The highest BCUT2D eigenvalue weighted by molar-refractivity contribution is 7.88. The molecule has 1 heterocycles. The minimum absolute atomic E-state index is 0.109. The van der Waals surface area contributed by atoms with E-state index in [1.54, 1.807) is 0 Å². The first-order valence-electron chi connectivity index (χ1n) is 9.15. The van der Waals surface area contributed by atoms with E-state index in [-0.39, 0.29) is 12.5 Å². The van der Waals surface area contributed by atoms with Crippen molar-refractivity contribution in [1.29, 1.82) is 0 Å².